The van der Waals surface area contributed by atoms with E-state index in [9.17, 15) is 9.59 Å². The first-order chi connectivity index (χ1) is 14.0. The number of ether oxygens (including phenoxy) is 2. The van der Waals surface area contributed by atoms with E-state index in [-0.39, 0.29) is 13.2 Å². The molecule has 0 aromatic rings. The minimum atomic E-state index is -2.29. The first-order valence-corrected chi connectivity index (χ1v) is 24.2. The summed E-state index contributed by atoms with van der Waals surface area (Å²) in [5.41, 5.74) is -1.33. The molecule has 0 aromatic heterocycles. The molecule has 1 aliphatic rings. The van der Waals surface area contributed by atoms with Gasteiger partial charge in [-0.1, -0.05) is 0 Å². The molecule has 5 nitrogen and oxygen atoms in total. The third-order valence-electron chi connectivity index (χ3n) is 6.06. The maximum atomic E-state index is 13.1. The Bertz CT molecular complexity index is 620. The zero-order valence-corrected chi connectivity index (χ0v) is 24.2. The van der Waals surface area contributed by atoms with Crippen molar-refractivity contribution in [1.29, 1.82) is 0 Å². The fourth-order valence-electron chi connectivity index (χ4n) is 3.93. The van der Waals surface area contributed by atoms with Crippen LogP contribution in [-0.2, 0) is 23.5 Å². The monoisotopic (exact) mass is 546 g/mol. The van der Waals surface area contributed by atoms with Gasteiger partial charge < -0.3 is 0 Å². The van der Waals surface area contributed by atoms with E-state index in [0.717, 1.165) is 23.9 Å². The topological polar surface area (TPSA) is 61.8 Å². The van der Waals surface area contributed by atoms with Crippen LogP contribution in [0, 0.1) is 11.3 Å². The molecule has 0 N–H and O–H groups in total. The average molecular weight is 545 g/mol. The first-order valence-electron chi connectivity index (χ1n) is 11.5. The molecule has 0 saturated heterocycles. The number of carbonyl (C=O) groups is 2. The molecule has 30 heavy (non-hydrogen) atoms. The normalized spacial score (nSPS) is 19.3. The molecule has 0 heterocycles. The summed E-state index contributed by atoms with van der Waals surface area (Å²) in [6, 6.07) is 3.16. The molecule has 0 fully saturated rings. The Morgan fingerprint density at radius 2 is 1.53 bits per heavy atom. The molecule has 0 saturated carbocycles. The average Bonchev–Trinajstić information content (AvgIpc) is 2.70. The van der Waals surface area contributed by atoms with Gasteiger partial charge >= 0.3 is 189 Å². The summed E-state index contributed by atoms with van der Waals surface area (Å²) >= 11 is -2.29. The van der Waals surface area contributed by atoms with Crippen LogP contribution in [0.1, 0.15) is 47.5 Å². The summed E-state index contributed by atoms with van der Waals surface area (Å²) in [5, 5.41) is 0. The van der Waals surface area contributed by atoms with E-state index in [1.54, 1.807) is 13.8 Å². The van der Waals surface area contributed by atoms with Crippen LogP contribution in [0.15, 0.2) is 22.0 Å². The molecule has 7 heteroatoms. The van der Waals surface area contributed by atoms with Crippen LogP contribution in [0.2, 0.25) is 33.0 Å². The van der Waals surface area contributed by atoms with E-state index in [1.807, 2.05) is 6.08 Å². The van der Waals surface area contributed by atoms with Gasteiger partial charge in [0.2, 0.25) is 0 Å². The standard InChI is InChI=1S/C20H33O5Si.3CH3.Sn/c1-7-16-15-17(25-26(10-4,11-5)12-6)13-14-20(16,18(21)23-8-2)19(22)24-9-3;;;;/h1,7,15-16H,8-14H2,2-6H3;3*1H3;. The van der Waals surface area contributed by atoms with Crippen molar-refractivity contribution in [2.45, 2.75) is 80.4 Å². The number of allylic oxidation sites excluding steroid dienone is 3. The molecule has 0 amide bonds. The Balaban J connectivity index is 3.50. The molecule has 0 spiro atoms. The zero-order chi connectivity index (χ0) is 23.0. The van der Waals surface area contributed by atoms with Crippen LogP contribution in [0.5, 0.6) is 0 Å². The molecular weight excluding hydrogens is 503 g/mol. The van der Waals surface area contributed by atoms with Gasteiger partial charge in [-0.25, -0.2) is 0 Å². The van der Waals surface area contributed by atoms with Crippen LogP contribution in [0.25, 0.3) is 0 Å². The summed E-state index contributed by atoms with van der Waals surface area (Å²) in [6.45, 7) is 10.6. The molecule has 1 rings (SSSR count). The van der Waals surface area contributed by atoms with Crippen LogP contribution in [-0.4, -0.2) is 51.8 Å². The SMILES string of the molecule is CCOC(=O)C1(C(=O)OCC)CCC(O[Si](CC)(CC)CC)=CC1/C=[CH]\[Sn]([CH3])([CH3])[CH3]. The Hall–Kier alpha value is -0.764. The van der Waals surface area contributed by atoms with Crippen LogP contribution < -0.4 is 0 Å². The first kappa shape index (κ1) is 27.3. The summed E-state index contributed by atoms with van der Waals surface area (Å²) < 4.78 is 19.7. The van der Waals surface area contributed by atoms with Crippen LogP contribution in [0.4, 0.5) is 0 Å². The van der Waals surface area contributed by atoms with Gasteiger partial charge in [0.15, 0.2) is 0 Å². The van der Waals surface area contributed by atoms with Gasteiger partial charge in [-0.15, -0.1) is 0 Å². The van der Waals surface area contributed by atoms with Crippen LogP contribution in [0.3, 0.4) is 0 Å². The molecule has 0 radical (unpaired) electrons. The molecular formula is C23H42O5SiSn. The quantitative estimate of drug-likeness (QED) is 0.185. The summed E-state index contributed by atoms with van der Waals surface area (Å²) in [7, 11) is -1.84. The van der Waals surface area contributed by atoms with Crippen LogP contribution >= 0.6 is 0 Å². The van der Waals surface area contributed by atoms with Gasteiger partial charge in [0.1, 0.15) is 0 Å². The van der Waals surface area contributed by atoms with Gasteiger partial charge in [-0.2, -0.15) is 0 Å². The van der Waals surface area contributed by atoms with E-state index < -0.39 is 50.0 Å². The van der Waals surface area contributed by atoms with Gasteiger partial charge in [0.05, 0.1) is 0 Å². The molecule has 0 aromatic carbocycles. The van der Waals surface area contributed by atoms with Crippen molar-refractivity contribution in [3.05, 3.63) is 22.0 Å². The predicted molar refractivity (Wildman–Crippen MR) is 127 cm³/mol. The van der Waals surface area contributed by atoms with E-state index in [2.05, 4.69) is 45.8 Å². The van der Waals surface area contributed by atoms with Gasteiger partial charge in [-0.05, 0) is 0 Å². The second kappa shape index (κ2) is 11.7. The minimum absolute atomic E-state index is 0.236. The van der Waals surface area contributed by atoms with Crippen molar-refractivity contribution in [1.82, 2.24) is 0 Å². The second-order valence-electron chi connectivity index (χ2n) is 9.14. The molecule has 1 unspecified atom stereocenters. The number of esters is 2. The molecule has 0 aliphatic heterocycles. The van der Waals surface area contributed by atoms with Gasteiger partial charge in [0, 0.05) is 0 Å². The zero-order valence-electron chi connectivity index (χ0n) is 20.3. The third-order valence-corrected chi connectivity index (χ3v) is 14.0. The van der Waals surface area contributed by atoms with Gasteiger partial charge in [0.25, 0.3) is 0 Å². The van der Waals surface area contributed by atoms with E-state index in [1.165, 1.54) is 0 Å². The van der Waals surface area contributed by atoms with E-state index >= 15 is 0 Å². The second-order valence-corrected chi connectivity index (χ2v) is 28.3. The Morgan fingerprint density at radius 3 is 1.93 bits per heavy atom. The summed E-state index contributed by atoms with van der Waals surface area (Å²) in [5.74, 6) is -0.451. The molecule has 1 atom stereocenters. The van der Waals surface area contributed by atoms with Crippen molar-refractivity contribution in [2.75, 3.05) is 13.2 Å². The maximum absolute atomic E-state index is 13.1. The Labute approximate surface area is 188 Å². The van der Waals surface area contributed by atoms with Crippen molar-refractivity contribution in [3.63, 3.8) is 0 Å². The van der Waals surface area contributed by atoms with E-state index in [0.29, 0.717) is 12.8 Å². The van der Waals surface area contributed by atoms with Gasteiger partial charge in [-0.3, -0.25) is 0 Å². The Morgan fingerprint density at radius 1 is 1.03 bits per heavy atom. The number of carbonyl (C=O) groups excluding carboxylic acids is 2. The summed E-state index contributed by atoms with van der Waals surface area (Å²) in [6.07, 6.45) is 4.97. The number of hydrogen-bond donors (Lipinski definition) is 0. The molecule has 1 aliphatic carbocycles. The van der Waals surface area contributed by atoms with Crippen molar-refractivity contribution in [3.8, 4) is 0 Å². The molecule has 0 bridgehead atoms. The van der Waals surface area contributed by atoms with E-state index in [4.69, 9.17) is 13.9 Å². The fourth-order valence-corrected chi connectivity index (χ4v) is 8.83. The summed E-state index contributed by atoms with van der Waals surface area (Å²) in [4.78, 5) is 33.2. The number of rotatable bonds is 11. The third kappa shape index (κ3) is 6.61. The number of hydrogen-bond acceptors (Lipinski definition) is 5. The predicted octanol–water partition coefficient (Wildman–Crippen LogP) is 5.85. The fraction of sp³-hybridized carbons (Fsp3) is 0.739. The van der Waals surface area contributed by atoms with Crippen molar-refractivity contribution >= 4 is 38.6 Å². The van der Waals surface area contributed by atoms with Crippen molar-refractivity contribution < 1.29 is 23.5 Å². The van der Waals surface area contributed by atoms with Crippen molar-refractivity contribution in [2.24, 2.45) is 11.3 Å². The molecule has 172 valence electrons. The Kier molecular flexibility index (Phi) is 10.7.